The summed E-state index contributed by atoms with van der Waals surface area (Å²) < 4.78 is 23.6. The zero-order valence-corrected chi connectivity index (χ0v) is 53.1. The van der Waals surface area contributed by atoms with E-state index in [-0.39, 0.29) is 43.9 Å². The van der Waals surface area contributed by atoms with Crippen LogP contribution in [-0.4, -0.2) is 148 Å². The third kappa shape index (κ3) is 49.7. The molecule has 0 rings (SSSR count). The summed E-state index contributed by atoms with van der Waals surface area (Å²) in [5, 5.41) is 9.29. The van der Waals surface area contributed by atoms with Crippen molar-refractivity contribution in [1.29, 1.82) is 0 Å². The number of rotatable bonds is 60. The van der Waals surface area contributed by atoms with Crippen molar-refractivity contribution >= 4 is 24.1 Å². The molecule has 468 valence electrons. The van der Waals surface area contributed by atoms with Crippen LogP contribution < -0.4 is 0 Å². The molecule has 13 heteroatoms. The van der Waals surface area contributed by atoms with Gasteiger partial charge in [-0.05, 0) is 122 Å². The fourth-order valence-corrected chi connectivity index (χ4v) is 10.4. The number of hydrogen-bond donors (Lipinski definition) is 1. The lowest BCUT2D eigenvalue weighted by atomic mass is 9.96. The van der Waals surface area contributed by atoms with E-state index < -0.39 is 0 Å². The molecular formula is C66H130N4O9. The summed E-state index contributed by atoms with van der Waals surface area (Å²) in [7, 11) is 2.11. The molecule has 0 aliphatic heterocycles. The predicted octanol–water partition coefficient (Wildman–Crippen LogP) is 16.7. The highest BCUT2D eigenvalue weighted by molar-refractivity contribution is 5.70. The van der Waals surface area contributed by atoms with Gasteiger partial charge in [0.1, 0.15) is 13.2 Å². The molecule has 2 amide bonds. The maximum atomic E-state index is 13.8. The van der Waals surface area contributed by atoms with Gasteiger partial charge in [-0.1, -0.05) is 196 Å². The Hall–Kier alpha value is -2.64. The standard InChI is InChI=1S/C66H130N4O9/c1-8-14-20-22-24-34-50-69(52-36-26-32-45-63(72)78-59-61(41-28-16-10-3)42-29-17-11-4)65(74)76-57-54-68(49-40-48-67(7)47-38-39-56-71)55-58-77-66(75)70(51-35-25-23-21-15-9-2)53-37-27-33-46-64(73)79-60-62(43-30-18-12-5)44-31-19-13-6/h61-62,71H,8-60H2,1-7H3. The van der Waals surface area contributed by atoms with Gasteiger partial charge >= 0.3 is 24.1 Å². The molecule has 0 heterocycles. The molecule has 0 saturated heterocycles. The predicted molar refractivity (Wildman–Crippen MR) is 330 cm³/mol. The largest absolute Gasteiger partial charge is 0.465 e. The van der Waals surface area contributed by atoms with Gasteiger partial charge in [0.25, 0.3) is 0 Å². The van der Waals surface area contributed by atoms with E-state index in [1.165, 1.54) is 128 Å². The Labute approximate surface area is 487 Å². The summed E-state index contributed by atoms with van der Waals surface area (Å²) in [5.74, 6) is 0.709. The van der Waals surface area contributed by atoms with Crippen LogP contribution in [0.25, 0.3) is 0 Å². The number of hydrogen-bond acceptors (Lipinski definition) is 11. The highest BCUT2D eigenvalue weighted by atomic mass is 16.6. The van der Waals surface area contributed by atoms with Gasteiger partial charge in [0.15, 0.2) is 0 Å². The summed E-state index contributed by atoms with van der Waals surface area (Å²) in [6.07, 6.45) is 40.4. The Kier molecular flexibility index (Phi) is 56.6. The lowest BCUT2D eigenvalue weighted by Crippen LogP contribution is -2.39. The van der Waals surface area contributed by atoms with E-state index in [2.05, 4.69) is 58.4 Å². The topological polar surface area (TPSA) is 138 Å². The number of nitrogens with zero attached hydrogens (tertiary/aromatic N) is 4. The van der Waals surface area contributed by atoms with Crippen molar-refractivity contribution in [2.75, 3.05) is 99.0 Å². The number of unbranched alkanes of at least 4 members (excludes halogenated alkanes) is 23. The van der Waals surface area contributed by atoms with Gasteiger partial charge in [0.2, 0.25) is 0 Å². The molecule has 0 aliphatic rings. The molecule has 79 heavy (non-hydrogen) atoms. The first-order valence-corrected chi connectivity index (χ1v) is 33.7. The second-order valence-electron chi connectivity index (χ2n) is 23.4. The Morgan fingerprint density at radius 2 is 0.658 bits per heavy atom. The summed E-state index contributed by atoms with van der Waals surface area (Å²) in [6.45, 7) is 21.3. The van der Waals surface area contributed by atoms with Gasteiger partial charge in [-0.25, -0.2) is 9.59 Å². The van der Waals surface area contributed by atoms with Crippen LogP contribution in [0.15, 0.2) is 0 Å². The van der Waals surface area contributed by atoms with Crippen LogP contribution in [0.5, 0.6) is 0 Å². The fraction of sp³-hybridized carbons (Fsp3) is 0.939. The Bertz CT molecular complexity index is 1250. The number of aliphatic hydroxyl groups excluding tert-OH is 1. The van der Waals surface area contributed by atoms with Crippen molar-refractivity contribution in [1.82, 2.24) is 19.6 Å². The smallest absolute Gasteiger partial charge is 0.409 e. The van der Waals surface area contributed by atoms with E-state index in [0.29, 0.717) is 77.2 Å². The molecule has 0 unspecified atom stereocenters. The number of aliphatic hydroxyl groups is 1. The Morgan fingerprint density at radius 1 is 0.342 bits per heavy atom. The maximum Gasteiger partial charge on any atom is 0.409 e. The second kappa shape index (κ2) is 58.6. The minimum Gasteiger partial charge on any atom is -0.465 e. The van der Waals surface area contributed by atoms with Crippen molar-refractivity contribution in [2.45, 2.75) is 292 Å². The molecule has 0 atom stereocenters. The van der Waals surface area contributed by atoms with E-state index in [0.717, 1.165) is 129 Å². The first kappa shape index (κ1) is 76.4. The number of carbonyl (C=O) groups excluding carboxylic acids is 4. The average molecular weight is 1120 g/mol. The Morgan fingerprint density at radius 3 is 1.03 bits per heavy atom. The lowest BCUT2D eigenvalue weighted by Gasteiger charge is -2.26. The monoisotopic (exact) mass is 1120 g/mol. The third-order valence-electron chi connectivity index (χ3n) is 15.7. The first-order valence-electron chi connectivity index (χ1n) is 33.7. The summed E-state index contributed by atoms with van der Waals surface area (Å²) in [4.78, 5) is 61.3. The van der Waals surface area contributed by atoms with Gasteiger partial charge in [-0.3, -0.25) is 14.5 Å². The zero-order chi connectivity index (χ0) is 58.1. The fourth-order valence-electron chi connectivity index (χ4n) is 10.4. The van der Waals surface area contributed by atoms with Gasteiger partial charge in [-0.15, -0.1) is 0 Å². The number of amides is 2. The van der Waals surface area contributed by atoms with Gasteiger partial charge in [-0.2, -0.15) is 0 Å². The summed E-state index contributed by atoms with van der Waals surface area (Å²) in [5.41, 5.74) is 0. The van der Waals surface area contributed by atoms with Gasteiger partial charge < -0.3 is 38.8 Å². The van der Waals surface area contributed by atoms with E-state index >= 15 is 0 Å². The van der Waals surface area contributed by atoms with Crippen molar-refractivity contribution in [3.8, 4) is 0 Å². The molecule has 0 radical (unpaired) electrons. The van der Waals surface area contributed by atoms with Crippen LogP contribution in [0.2, 0.25) is 0 Å². The molecule has 0 bridgehead atoms. The molecule has 0 aliphatic carbocycles. The molecule has 0 aromatic rings. The molecule has 0 saturated carbocycles. The van der Waals surface area contributed by atoms with Crippen molar-refractivity contribution in [3.05, 3.63) is 0 Å². The van der Waals surface area contributed by atoms with E-state index in [1.807, 2.05) is 9.80 Å². The average Bonchev–Trinajstić information content (AvgIpc) is 3.44. The molecule has 0 aromatic carbocycles. The van der Waals surface area contributed by atoms with Crippen LogP contribution in [0.1, 0.15) is 292 Å². The van der Waals surface area contributed by atoms with Crippen molar-refractivity contribution in [3.63, 3.8) is 0 Å². The number of ether oxygens (including phenoxy) is 4. The van der Waals surface area contributed by atoms with E-state index in [1.54, 1.807) is 0 Å². The SMILES string of the molecule is CCCCCCCCN(CCCCCC(=O)OCC(CCCCC)CCCCC)C(=O)OCCN(CCCN(C)CCCCO)CCOC(=O)N(CCCCCCCC)CCCCCC(=O)OCC(CCCCC)CCCCC. The molecular weight excluding hydrogens is 993 g/mol. The summed E-state index contributed by atoms with van der Waals surface area (Å²) >= 11 is 0. The highest BCUT2D eigenvalue weighted by Gasteiger charge is 2.20. The Balaban J connectivity index is 5.55. The highest BCUT2D eigenvalue weighted by Crippen LogP contribution is 2.21. The summed E-state index contributed by atoms with van der Waals surface area (Å²) in [6, 6.07) is 0. The van der Waals surface area contributed by atoms with E-state index in [9.17, 15) is 24.3 Å². The van der Waals surface area contributed by atoms with Gasteiger partial charge in [0, 0.05) is 58.7 Å². The quantitative estimate of drug-likeness (QED) is 0.0354. The van der Waals surface area contributed by atoms with Crippen LogP contribution in [0, 0.1) is 11.8 Å². The minimum atomic E-state index is -0.286. The molecule has 0 spiro atoms. The van der Waals surface area contributed by atoms with Crippen LogP contribution >= 0.6 is 0 Å². The van der Waals surface area contributed by atoms with Gasteiger partial charge in [0.05, 0.1) is 13.2 Å². The maximum absolute atomic E-state index is 13.8. The number of esters is 2. The molecule has 13 nitrogen and oxygen atoms in total. The minimum absolute atomic E-state index is 0.103. The van der Waals surface area contributed by atoms with Crippen LogP contribution in [0.3, 0.4) is 0 Å². The molecule has 1 N–H and O–H groups in total. The second-order valence-corrected chi connectivity index (χ2v) is 23.4. The lowest BCUT2D eigenvalue weighted by molar-refractivity contribution is -0.146. The zero-order valence-electron chi connectivity index (χ0n) is 53.1. The van der Waals surface area contributed by atoms with Crippen LogP contribution in [-0.2, 0) is 28.5 Å². The molecule has 0 fully saturated rings. The molecule has 0 aromatic heterocycles. The van der Waals surface area contributed by atoms with Crippen molar-refractivity contribution in [2.24, 2.45) is 11.8 Å². The first-order chi connectivity index (χ1) is 38.6. The van der Waals surface area contributed by atoms with Crippen molar-refractivity contribution < 1.29 is 43.2 Å². The van der Waals surface area contributed by atoms with Crippen LogP contribution in [0.4, 0.5) is 9.59 Å². The normalized spacial score (nSPS) is 11.6. The number of carbonyl (C=O) groups is 4. The third-order valence-corrected chi connectivity index (χ3v) is 15.7. The van der Waals surface area contributed by atoms with E-state index in [4.69, 9.17) is 18.9 Å².